The maximum atomic E-state index is 7.15. The molecule has 104 valence electrons. The summed E-state index contributed by atoms with van der Waals surface area (Å²) in [7, 11) is -2.52. The van der Waals surface area contributed by atoms with Gasteiger partial charge >= 0.3 is 7.55 Å². The fourth-order valence-corrected chi connectivity index (χ4v) is 5.94. The average molecular weight is 310 g/mol. The number of rotatable bonds is 4. The van der Waals surface area contributed by atoms with Crippen LogP contribution in [0.3, 0.4) is 0 Å². The molecule has 0 aromatic heterocycles. The molecule has 0 amide bonds. The fraction of sp³-hybridized carbons (Fsp3) is 0. The van der Waals surface area contributed by atoms with Gasteiger partial charge < -0.3 is 4.98 Å². The smallest absolute Gasteiger partial charge is 0.317 e. The van der Waals surface area contributed by atoms with Gasteiger partial charge in [0.1, 0.15) is 0 Å². The van der Waals surface area contributed by atoms with Crippen molar-refractivity contribution in [1.82, 2.24) is 0 Å². The third-order valence-electron chi connectivity index (χ3n) is 3.43. The largest absolute Gasteiger partial charge is 0.392 e. The molecule has 3 heteroatoms. The highest BCUT2D eigenvalue weighted by atomic mass is 35.6. The number of hydrogen-bond acceptors (Lipinski definition) is 1. The van der Waals surface area contributed by atoms with E-state index in [1.165, 1.54) is 0 Å². The molecule has 0 spiro atoms. The molecule has 3 aromatic carbocycles. The van der Waals surface area contributed by atoms with Gasteiger partial charge in [0.2, 0.25) is 0 Å². The quantitative estimate of drug-likeness (QED) is 0.573. The average Bonchev–Trinajstić information content (AvgIpc) is 2.57. The SMILES string of the molecule is Cl[Si](Nc1ccccc1)(c1ccccc1)c1ccccc1. The van der Waals surface area contributed by atoms with Crippen LogP contribution in [0.4, 0.5) is 5.69 Å². The second-order valence-electron chi connectivity index (χ2n) is 4.88. The van der Waals surface area contributed by atoms with Gasteiger partial charge in [-0.1, -0.05) is 78.9 Å². The van der Waals surface area contributed by atoms with Gasteiger partial charge in [0.25, 0.3) is 0 Å². The molecule has 0 bridgehead atoms. The van der Waals surface area contributed by atoms with Gasteiger partial charge in [-0.3, -0.25) is 0 Å². The predicted molar refractivity (Wildman–Crippen MR) is 93.8 cm³/mol. The van der Waals surface area contributed by atoms with Crippen molar-refractivity contribution in [2.45, 2.75) is 0 Å². The molecule has 0 heterocycles. The Bertz CT molecular complexity index is 647. The normalized spacial score (nSPS) is 11.1. The van der Waals surface area contributed by atoms with Gasteiger partial charge in [-0.15, -0.1) is 11.1 Å². The van der Waals surface area contributed by atoms with E-state index in [4.69, 9.17) is 11.1 Å². The van der Waals surface area contributed by atoms with E-state index >= 15 is 0 Å². The minimum Gasteiger partial charge on any atom is -0.392 e. The Morgan fingerprint density at radius 2 is 0.952 bits per heavy atom. The Hall–Kier alpha value is -2.03. The monoisotopic (exact) mass is 309 g/mol. The van der Waals surface area contributed by atoms with Crippen LogP contribution in [0.25, 0.3) is 0 Å². The van der Waals surface area contributed by atoms with E-state index in [0.717, 1.165) is 16.1 Å². The Morgan fingerprint density at radius 1 is 0.571 bits per heavy atom. The summed E-state index contributed by atoms with van der Waals surface area (Å²) in [6, 6.07) is 30.7. The summed E-state index contributed by atoms with van der Waals surface area (Å²) in [6.07, 6.45) is 0. The summed E-state index contributed by atoms with van der Waals surface area (Å²) in [4.78, 5) is 3.59. The molecule has 0 unspecified atom stereocenters. The summed E-state index contributed by atoms with van der Waals surface area (Å²) in [6.45, 7) is 0. The van der Waals surface area contributed by atoms with Crippen LogP contribution in [-0.2, 0) is 0 Å². The van der Waals surface area contributed by atoms with Crippen LogP contribution in [0.15, 0.2) is 91.0 Å². The molecule has 0 aliphatic carbocycles. The first-order valence-corrected chi connectivity index (χ1v) is 9.93. The van der Waals surface area contributed by atoms with Crippen molar-refractivity contribution < 1.29 is 0 Å². The maximum absolute atomic E-state index is 7.15. The summed E-state index contributed by atoms with van der Waals surface area (Å²) in [5.74, 6) is 0. The zero-order chi connectivity index (χ0) is 14.5. The van der Waals surface area contributed by atoms with Gasteiger partial charge in [-0.2, -0.15) is 0 Å². The van der Waals surface area contributed by atoms with Crippen molar-refractivity contribution >= 4 is 34.7 Å². The van der Waals surface area contributed by atoms with E-state index in [-0.39, 0.29) is 0 Å². The van der Waals surface area contributed by atoms with Crippen LogP contribution >= 0.6 is 11.1 Å². The lowest BCUT2D eigenvalue weighted by Gasteiger charge is -2.27. The molecule has 0 radical (unpaired) electrons. The molecular weight excluding hydrogens is 294 g/mol. The molecule has 0 atom stereocenters. The number of halogens is 1. The highest BCUT2D eigenvalue weighted by molar-refractivity contribution is 7.35. The van der Waals surface area contributed by atoms with Crippen LogP contribution in [-0.4, -0.2) is 7.55 Å². The van der Waals surface area contributed by atoms with Crippen molar-refractivity contribution in [2.24, 2.45) is 0 Å². The fourth-order valence-electron chi connectivity index (χ4n) is 2.37. The predicted octanol–water partition coefficient (Wildman–Crippen LogP) is 3.59. The molecule has 21 heavy (non-hydrogen) atoms. The highest BCUT2D eigenvalue weighted by Gasteiger charge is 2.36. The van der Waals surface area contributed by atoms with Crippen molar-refractivity contribution in [1.29, 1.82) is 0 Å². The van der Waals surface area contributed by atoms with E-state index in [9.17, 15) is 0 Å². The van der Waals surface area contributed by atoms with Gasteiger partial charge in [-0.25, -0.2) is 0 Å². The molecule has 3 rings (SSSR count). The van der Waals surface area contributed by atoms with Crippen LogP contribution in [0.5, 0.6) is 0 Å². The standard InChI is InChI=1S/C18H16ClNSi/c19-21(17-12-6-2-7-13-17,18-14-8-3-9-15-18)20-16-10-4-1-5-11-16/h1-15,20H. The van der Waals surface area contributed by atoms with Gasteiger partial charge in [-0.05, 0) is 22.5 Å². The lowest BCUT2D eigenvalue weighted by Crippen LogP contribution is -2.60. The Morgan fingerprint density at radius 3 is 1.38 bits per heavy atom. The van der Waals surface area contributed by atoms with Crippen LogP contribution in [0.1, 0.15) is 0 Å². The first-order chi connectivity index (χ1) is 10.3. The van der Waals surface area contributed by atoms with Crippen LogP contribution in [0, 0.1) is 0 Å². The minimum absolute atomic E-state index is 1.05. The van der Waals surface area contributed by atoms with E-state index < -0.39 is 7.55 Å². The number of nitrogens with one attached hydrogen (secondary N) is 1. The molecule has 3 aromatic rings. The molecule has 0 fully saturated rings. The van der Waals surface area contributed by atoms with Gasteiger partial charge in [0, 0.05) is 5.69 Å². The van der Waals surface area contributed by atoms with Crippen molar-refractivity contribution in [3.05, 3.63) is 91.0 Å². The topological polar surface area (TPSA) is 12.0 Å². The number of benzene rings is 3. The van der Waals surface area contributed by atoms with E-state index in [0.29, 0.717) is 0 Å². The van der Waals surface area contributed by atoms with Crippen molar-refractivity contribution in [3.63, 3.8) is 0 Å². The molecular formula is C18H16ClNSi. The third kappa shape index (κ3) is 3.02. The molecule has 0 saturated heterocycles. The maximum Gasteiger partial charge on any atom is 0.317 e. The van der Waals surface area contributed by atoms with Gasteiger partial charge in [0.15, 0.2) is 0 Å². The lowest BCUT2D eigenvalue weighted by atomic mass is 10.3. The first-order valence-electron chi connectivity index (χ1n) is 6.92. The van der Waals surface area contributed by atoms with E-state index in [2.05, 4.69) is 41.4 Å². The number of hydrogen-bond donors (Lipinski definition) is 1. The zero-order valence-electron chi connectivity index (χ0n) is 11.5. The van der Waals surface area contributed by atoms with Crippen LogP contribution in [0.2, 0.25) is 0 Å². The number of anilines is 1. The summed E-state index contributed by atoms with van der Waals surface area (Å²) >= 11 is 7.15. The Labute approximate surface area is 131 Å². The second-order valence-corrected chi connectivity index (χ2v) is 9.30. The summed E-state index contributed by atoms with van der Waals surface area (Å²) < 4.78 is 0. The molecule has 0 saturated carbocycles. The molecule has 0 aliphatic heterocycles. The summed E-state index contributed by atoms with van der Waals surface area (Å²) in [5, 5.41) is 2.31. The Kier molecular flexibility index (Phi) is 4.09. The molecule has 1 N–H and O–H groups in total. The van der Waals surface area contributed by atoms with Crippen molar-refractivity contribution in [3.8, 4) is 0 Å². The van der Waals surface area contributed by atoms with Crippen LogP contribution < -0.4 is 15.4 Å². The Balaban J connectivity index is 2.07. The highest BCUT2D eigenvalue weighted by Crippen LogP contribution is 2.16. The third-order valence-corrected chi connectivity index (χ3v) is 7.92. The summed E-state index contributed by atoms with van der Waals surface area (Å²) in [5.41, 5.74) is 1.05. The second kappa shape index (κ2) is 6.16. The number of para-hydroxylation sites is 1. The minimum atomic E-state index is -2.52. The first kappa shape index (κ1) is 13.9. The zero-order valence-corrected chi connectivity index (χ0v) is 13.3. The molecule has 0 aliphatic rings. The van der Waals surface area contributed by atoms with E-state index in [1.54, 1.807) is 0 Å². The molecule has 1 nitrogen and oxygen atoms in total. The lowest BCUT2D eigenvalue weighted by molar-refractivity contribution is 1.63. The van der Waals surface area contributed by atoms with E-state index in [1.807, 2.05) is 54.6 Å². The van der Waals surface area contributed by atoms with Gasteiger partial charge in [0.05, 0.1) is 0 Å². The van der Waals surface area contributed by atoms with Crippen molar-refractivity contribution in [2.75, 3.05) is 4.98 Å².